The molecule has 2 heteroatoms. The van der Waals surface area contributed by atoms with Gasteiger partial charge in [0.05, 0.1) is 6.10 Å². The molecule has 0 aromatic rings. The van der Waals surface area contributed by atoms with Gasteiger partial charge in [0, 0.05) is 24.7 Å². The summed E-state index contributed by atoms with van der Waals surface area (Å²) in [7, 11) is 0. The first-order valence-corrected chi connectivity index (χ1v) is 5.97. The molecule has 0 spiro atoms. The molecule has 2 fully saturated rings. The van der Waals surface area contributed by atoms with Gasteiger partial charge in [-0.15, -0.1) is 0 Å². The number of ether oxygens (including phenoxy) is 1. The van der Waals surface area contributed by atoms with Crippen molar-refractivity contribution in [2.45, 2.75) is 64.1 Å². The van der Waals surface area contributed by atoms with E-state index in [2.05, 4.69) is 25.7 Å². The third-order valence-corrected chi connectivity index (χ3v) is 3.55. The number of nitrogens with zero attached hydrogens (tertiary/aromatic N) is 1. The van der Waals surface area contributed by atoms with Gasteiger partial charge in [0.15, 0.2) is 0 Å². The Morgan fingerprint density at radius 1 is 1.14 bits per heavy atom. The van der Waals surface area contributed by atoms with Crippen LogP contribution in [0.2, 0.25) is 0 Å². The number of hydrogen-bond acceptors (Lipinski definition) is 2. The average Bonchev–Trinajstić information content (AvgIpc) is 2.42. The largest absolute Gasteiger partial charge is 0.377 e. The van der Waals surface area contributed by atoms with Gasteiger partial charge in [-0.3, -0.25) is 4.90 Å². The Hall–Kier alpha value is -0.0800. The first-order valence-electron chi connectivity index (χ1n) is 5.97. The fourth-order valence-corrected chi connectivity index (χ4v) is 2.93. The molecule has 0 aromatic carbocycles. The Morgan fingerprint density at radius 2 is 1.93 bits per heavy atom. The number of hydrogen-bond donors (Lipinski definition) is 0. The highest BCUT2D eigenvalue weighted by atomic mass is 16.5. The molecule has 0 aromatic heterocycles. The van der Waals surface area contributed by atoms with Crippen LogP contribution in [0.1, 0.15) is 46.5 Å². The van der Waals surface area contributed by atoms with Crippen molar-refractivity contribution in [3.05, 3.63) is 0 Å². The normalized spacial score (nSPS) is 35.4. The summed E-state index contributed by atoms with van der Waals surface area (Å²) in [6, 6.07) is 0.692. The van der Waals surface area contributed by atoms with Crippen LogP contribution in [0.4, 0.5) is 0 Å². The van der Waals surface area contributed by atoms with Gasteiger partial charge in [0.2, 0.25) is 0 Å². The standard InChI is InChI=1S/C12H23NO/c1-12(2,3)13-8-5-9-14-11-7-4-6-10(11)13/h10-11H,4-9H2,1-3H3. The fourth-order valence-electron chi connectivity index (χ4n) is 2.93. The van der Waals surface area contributed by atoms with Crippen LogP contribution in [-0.4, -0.2) is 35.7 Å². The van der Waals surface area contributed by atoms with Crippen molar-refractivity contribution in [2.75, 3.05) is 13.2 Å². The third kappa shape index (κ3) is 1.96. The SMILES string of the molecule is CC(C)(C)N1CCCOC2CCCC21. The second kappa shape index (κ2) is 3.82. The van der Waals surface area contributed by atoms with Gasteiger partial charge >= 0.3 is 0 Å². The van der Waals surface area contributed by atoms with E-state index in [4.69, 9.17) is 4.74 Å². The lowest BCUT2D eigenvalue weighted by Gasteiger charge is -2.40. The van der Waals surface area contributed by atoms with Crippen LogP contribution in [0.25, 0.3) is 0 Å². The molecule has 14 heavy (non-hydrogen) atoms. The molecule has 0 radical (unpaired) electrons. The average molecular weight is 197 g/mol. The molecule has 1 heterocycles. The maximum absolute atomic E-state index is 5.91. The van der Waals surface area contributed by atoms with E-state index in [0.717, 1.165) is 6.61 Å². The number of fused-ring (bicyclic) bond motifs is 1. The zero-order chi connectivity index (χ0) is 10.2. The highest BCUT2D eigenvalue weighted by Crippen LogP contribution is 2.33. The molecule has 2 unspecified atom stereocenters. The van der Waals surface area contributed by atoms with Crippen molar-refractivity contribution >= 4 is 0 Å². The molecular formula is C12H23NO. The van der Waals surface area contributed by atoms with E-state index in [9.17, 15) is 0 Å². The Balaban J connectivity index is 2.13. The second-order valence-electron chi connectivity index (χ2n) is 5.63. The highest BCUT2D eigenvalue weighted by molar-refractivity contribution is 4.93. The molecule has 2 nitrogen and oxygen atoms in total. The summed E-state index contributed by atoms with van der Waals surface area (Å²) in [5.74, 6) is 0. The first-order chi connectivity index (χ1) is 6.59. The topological polar surface area (TPSA) is 12.5 Å². The summed E-state index contributed by atoms with van der Waals surface area (Å²) in [6.07, 6.45) is 5.68. The smallest absolute Gasteiger partial charge is 0.0730 e. The minimum absolute atomic E-state index is 0.307. The molecule has 2 rings (SSSR count). The van der Waals surface area contributed by atoms with Crippen molar-refractivity contribution in [2.24, 2.45) is 0 Å². The van der Waals surface area contributed by atoms with E-state index in [0.29, 0.717) is 17.7 Å². The van der Waals surface area contributed by atoms with Crippen LogP contribution >= 0.6 is 0 Å². The van der Waals surface area contributed by atoms with Crippen molar-refractivity contribution in [1.29, 1.82) is 0 Å². The van der Waals surface area contributed by atoms with Crippen LogP contribution in [0, 0.1) is 0 Å². The zero-order valence-electron chi connectivity index (χ0n) is 9.75. The van der Waals surface area contributed by atoms with Crippen LogP contribution in [0.15, 0.2) is 0 Å². The summed E-state index contributed by atoms with van der Waals surface area (Å²) in [5, 5.41) is 0. The van der Waals surface area contributed by atoms with Gasteiger partial charge in [-0.25, -0.2) is 0 Å². The predicted molar refractivity (Wildman–Crippen MR) is 58.5 cm³/mol. The molecule has 1 saturated carbocycles. The zero-order valence-corrected chi connectivity index (χ0v) is 9.75. The summed E-state index contributed by atoms with van der Waals surface area (Å²) in [5.41, 5.74) is 0.307. The quantitative estimate of drug-likeness (QED) is 0.591. The first kappa shape index (κ1) is 10.4. The van der Waals surface area contributed by atoms with Crippen molar-refractivity contribution in [3.63, 3.8) is 0 Å². The van der Waals surface area contributed by atoms with E-state index in [1.165, 1.54) is 32.2 Å². The van der Waals surface area contributed by atoms with Gasteiger partial charge < -0.3 is 4.74 Å². The molecule has 1 aliphatic carbocycles. The monoisotopic (exact) mass is 197 g/mol. The Morgan fingerprint density at radius 3 is 2.64 bits per heavy atom. The second-order valence-corrected chi connectivity index (χ2v) is 5.63. The van der Waals surface area contributed by atoms with Crippen molar-refractivity contribution in [1.82, 2.24) is 4.90 Å². The van der Waals surface area contributed by atoms with Gasteiger partial charge in [0.25, 0.3) is 0 Å². The van der Waals surface area contributed by atoms with E-state index >= 15 is 0 Å². The van der Waals surface area contributed by atoms with Crippen LogP contribution in [0.5, 0.6) is 0 Å². The van der Waals surface area contributed by atoms with Gasteiger partial charge in [-0.05, 0) is 46.5 Å². The van der Waals surface area contributed by atoms with Gasteiger partial charge in [0.1, 0.15) is 0 Å². The lowest BCUT2D eigenvalue weighted by molar-refractivity contribution is 0.00736. The van der Waals surface area contributed by atoms with Crippen LogP contribution in [0.3, 0.4) is 0 Å². The van der Waals surface area contributed by atoms with Crippen LogP contribution in [-0.2, 0) is 4.74 Å². The molecule has 82 valence electrons. The van der Waals surface area contributed by atoms with E-state index in [-0.39, 0.29) is 0 Å². The lowest BCUT2D eigenvalue weighted by Crippen LogP contribution is -2.50. The molecule has 1 saturated heterocycles. The molecular weight excluding hydrogens is 174 g/mol. The van der Waals surface area contributed by atoms with Crippen LogP contribution < -0.4 is 0 Å². The van der Waals surface area contributed by atoms with E-state index in [1.54, 1.807) is 0 Å². The number of rotatable bonds is 0. The predicted octanol–water partition coefficient (Wildman–Crippen LogP) is 2.43. The Kier molecular flexibility index (Phi) is 2.85. The molecule has 1 aliphatic heterocycles. The minimum Gasteiger partial charge on any atom is -0.377 e. The third-order valence-electron chi connectivity index (χ3n) is 3.55. The van der Waals surface area contributed by atoms with E-state index < -0.39 is 0 Å². The fraction of sp³-hybridized carbons (Fsp3) is 1.00. The maximum Gasteiger partial charge on any atom is 0.0730 e. The Bertz CT molecular complexity index is 197. The maximum atomic E-state index is 5.91. The summed E-state index contributed by atoms with van der Waals surface area (Å²) in [6.45, 7) is 9.16. The molecule has 0 bridgehead atoms. The molecule has 2 atom stereocenters. The highest BCUT2D eigenvalue weighted by Gasteiger charge is 2.38. The molecule has 0 amide bonds. The lowest BCUT2D eigenvalue weighted by atomic mass is 10.0. The van der Waals surface area contributed by atoms with Gasteiger partial charge in [-0.1, -0.05) is 0 Å². The summed E-state index contributed by atoms with van der Waals surface area (Å²) < 4.78 is 5.91. The Labute approximate surface area is 87.6 Å². The van der Waals surface area contributed by atoms with E-state index in [1.807, 2.05) is 0 Å². The minimum atomic E-state index is 0.307. The molecule has 2 aliphatic rings. The van der Waals surface area contributed by atoms with Crippen molar-refractivity contribution < 1.29 is 4.74 Å². The molecule has 0 N–H and O–H groups in total. The summed E-state index contributed by atoms with van der Waals surface area (Å²) in [4.78, 5) is 2.66. The van der Waals surface area contributed by atoms with Crippen molar-refractivity contribution in [3.8, 4) is 0 Å². The summed E-state index contributed by atoms with van der Waals surface area (Å²) >= 11 is 0. The van der Waals surface area contributed by atoms with Gasteiger partial charge in [-0.2, -0.15) is 0 Å².